The molecule has 1 spiro atoms. The normalized spacial score (nSPS) is 25.5. The standard InChI is InChI=1S/C22H34N4O3S/c1-2-23-21(24-11-12-26-13-15-30(27,28)16-14-26)25-19-17-22(9-5-6-10-22)29-20-8-4-3-7-18(19)20/h3-4,7-8,19H,2,5-6,9-17H2,1H3,(H2,23,24,25). The van der Waals surface area contributed by atoms with Gasteiger partial charge >= 0.3 is 0 Å². The molecule has 0 bridgehead atoms. The van der Waals surface area contributed by atoms with Crippen molar-refractivity contribution in [2.45, 2.75) is 50.7 Å². The van der Waals surface area contributed by atoms with Crippen LogP contribution in [0.1, 0.15) is 50.6 Å². The second-order valence-electron chi connectivity index (χ2n) is 8.69. The zero-order valence-corrected chi connectivity index (χ0v) is 18.7. The summed E-state index contributed by atoms with van der Waals surface area (Å²) >= 11 is 0. The molecule has 2 heterocycles. The van der Waals surface area contributed by atoms with Crippen LogP contribution in [0.3, 0.4) is 0 Å². The lowest BCUT2D eigenvalue weighted by molar-refractivity contribution is 0.0396. The number of nitrogens with zero attached hydrogens (tertiary/aromatic N) is 2. The van der Waals surface area contributed by atoms with E-state index in [0.717, 1.165) is 44.1 Å². The molecule has 1 saturated carbocycles. The monoisotopic (exact) mass is 434 g/mol. The number of rotatable bonds is 5. The Morgan fingerprint density at radius 2 is 1.97 bits per heavy atom. The second kappa shape index (κ2) is 9.14. The van der Waals surface area contributed by atoms with Crippen molar-refractivity contribution >= 4 is 15.8 Å². The molecule has 1 aromatic rings. The Balaban J connectivity index is 1.42. The van der Waals surface area contributed by atoms with Gasteiger partial charge in [-0.25, -0.2) is 8.42 Å². The van der Waals surface area contributed by atoms with Crippen molar-refractivity contribution in [1.29, 1.82) is 0 Å². The molecule has 0 amide bonds. The molecule has 0 aromatic heterocycles. The van der Waals surface area contributed by atoms with E-state index in [1.807, 2.05) is 6.07 Å². The van der Waals surface area contributed by atoms with Crippen LogP contribution < -0.4 is 15.4 Å². The van der Waals surface area contributed by atoms with E-state index in [0.29, 0.717) is 19.6 Å². The van der Waals surface area contributed by atoms with Crippen LogP contribution in [0.5, 0.6) is 5.75 Å². The minimum Gasteiger partial charge on any atom is -0.487 e. The Kier molecular flexibility index (Phi) is 6.53. The minimum absolute atomic E-state index is 0.0529. The summed E-state index contributed by atoms with van der Waals surface area (Å²) < 4.78 is 29.7. The molecule has 1 aliphatic carbocycles. The molecule has 166 valence electrons. The van der Waals surface area contributed by atoms with Gasteiger partial charge in [0, 0.05) is 38.2 Å². The van der Waals surface area contributed by atoms with Crippen molar-refractivity contribution in [1.82, 2.24) is 15.5 Å². The zero-order chi connectivity index (χ0) is 21.0. The molecule has 1 unspecified atom stereocenters. The van der Waals surface area contributed by atoms with Crippen molar-refractivity contribution < 1.29 is 13.2 Å². The topological polar surface area (TPSA) is 83.0 Å². The van der Waals surface area contributed by atoms with Gasteiger partial charge in [-0.05, 0) is 38.7 Å². The number of hydrogen-bond acceptors (Lipinski definition) is 5. The summed E-state index contributed by atoms with van der Waals surface area (Å²) in [5.41, 5.74) is 1.14. The van der Waals surface area contributed by atoms with Crippen LogP contribution in [0.2, 0.25) is 0 Å². The average Bonchev–Trinajstić information content (AvgIpc) is 3.16. The van der Waals surface area contributed by atoms with Crippen LogP contribution in [0.4, 0.5) is 0 Å². The van der Waals surface area contributed by atoms with E-state index >= 15 is 0 Å². The molecule has 1 atom stereocenters. The van der Waals surface area contributed by atoms with Crippen molar-refractivity contribution in [3.8, 4) is 5.75 Å². The first-order chi connectivity index (χ1) is 14.5. The van der Waals surface area contributed by atoms with E-state index in [2.05, 4.69) is 40.7 Å². The molecule has 2 fully saturated rings. The average molecular weight is 435 g/mol. The molecular formula is C22H34N4O3S. The van der Waals surface area contributed by atoms with Gasteiger partial charge in [-0.2, -0.15) is 0 Å². The van der Waals surface area contributed by atoms with Crippen LogP contribution >= 0.6 is 0 Å². The van der Waals surface area contributed by atoms with Crippen LogP contribution in [0.15, 0.2) is 29.3 Å². The molecule has 3 aliphatic rings. The number of hydrogen-bond donors (Lipinski definition) is 2. The zero-order valence-electron chi connectivity index (χ0n) is 17.9. The Labute approximate surface area is 180 Å². The summed E-state index contributed by atoms with van der Waals surface area (Å²) in [6.07, 6.45) is 5.65. The van der Waals surface area contributed by atoms with Gasteiger partial charge < -0.3 is 15.4 Å². The highest BCUT2D eigenvalue weighted by Gasteiger charge is 2.43. The van der Waals surface area contributed by atoms with Gasteiger partial charge in [0.25, 0.3) is 0 Å². The first-order valence-electron chi connectivity index (χ1n) is 11.2. The minimum atomic E-state index is -2.84. The fraction of sp³-hybridized carbons (Fsp3) is 0.682. The second-order valence-corrected chi connectivity index (χ2v) is 11.0. The van der Waals surface area contributed by atoms with E-state index in [1.165, 1.54) is 18.4 Å². The number of nitrogens with one attached hydrogen (secondary N) is 2. The Bertz CT molecular complexity index is 851. The lowest BCUT2D eigenvalue weighted by atomic mass is 9.86. The van der Waals surface area contributed by atoms with Gasteiger partial charge in [-0.15, -0.1) is 0 Å². The molecular weight excluding hydrogens is 400 g/mol. The number of aliphatic imine (C=N–C) groups is 1. The molecule has 4 rings (SSSR count). The first-order valence-corrected chi connectivity index (χ1v) is 13.1. The van der Waals surface area contributed by atoms with Gasteiger partial charge in [0.15, 0.2) is 15.8 Å². The number of fused-ring (bicyclic) bond motifs is 1. The summed E-state index contributed by atoms with van der Waals surface area (Å²) in [6, 6.07) is 8.51. The van der Waals surface area contributed by atoms with Crippen LogP contribution in [-0.2, 0) is 9.84 Å². The summed E-state index contributed by atoms with van der Waals surface area (Å²) in [6.45, 7) is 5.51. The summed E-state index contributed by atoms with van der Waals surface area (Å²) in [7, 11) is -2.84. The number of guanidine groups is 1. The summed E-state index contributed by atoms with van der Waals surface area (Å²) in [5, 5.41) is 7.03. The maximum absolute atomic E-state index is 11.6. The molecule has 2 N–H and O–H groups in total. The van der Waals surface area contributed by atoms with Gasteiger partial charge in [0.1, 0.15) is 11.4 Å². The van der Waals surface area contributed by atoms with E-state index in [-0.39, 0.29) is 23.1 Å². The first kappa shape index (κ1) is 21.4. The third-order valence-corrected chi connectivity index (χ3v) is 8.10. The van der Waals surface area contributed by atoms with Crippen molar-refractivity contribution in [2.75, 3.05) is 44.2 Å². The molecule has 2 aliphatic heterocycles. The van der Waals surface area contributed by atoms with Crippen LogP contribution in [0.25, 0.3) is 0 Å². The smallest absolute Gasteiger partial charge is 0.191 e. The number of ether oxygens (including phenoxy) is 1. The van der Waals surface area contributed by atoms with Crippen molar-refractivity contribution in [3.05, 3.63) is 29.8 Å². The number of sulfone groups is 1. The molecule has 7 nitrogen and oxygen atoms in total. The molecule has 0 radical (unpaired) electrons. The largest absolute Gasteiger partial charge is 0.487 e. The van der Waals surface area contributed by atoms with Gasteiger partial charge in [-0.3, -0.25) is 9.89 Å². The lowest BCUT2D eigenvalue weighted by Crippen LogP contribution is -2.47. The molecule has 1 saturated heterocycles. The van der Waals surface area contributed by atoms with Gasteiger partial charge in [-0.1, -0.05) is 18.2 Å². The predicted molar refractivity (Wildman–Crippen MR) is 120 cm³/mol. The quantitative estimate of drug-likeness (QED) is 0.546. The predicted octanol–water partition coefficient (Wildman–Crippen LogP) is 2.11. The third kappa shape index (κ3) is 5.09. The fourth-order valence-corrected chi connectivity index (χ4v) is 6.11. The van der Waals surface area contributed by atoms with E-state index in [1.54, 1.807) is 0 Å². The Morgan fingerprint density at radius 1 is 1.23 bits per heavy atom. The highest BCUT2D eigenvalue weighted by atomic mass is 32.2. The van der Waals surface area contributed by atoms with Crippen LogP contribution in [-0.4, -0.2) is 69.1 Å². The summed E-state index contributed by atoms with van der Waals surface area (Å²) in [4.78, 5) is 6.97. The molecule has 30 heavy (non-hydrogen) atoms. The number of benzene rings is 1. The van der Waals surface area contributed by atoms with Crippen LogP contribution in [0, 0.1) is 0 Å². The Morgan fingerprint density at radius 3 is 2.70 bits per heavy atom. The maximum atomic E-state index is 11.6. The van der Waals surface area contributed by atoms with Gasteiger partial charge in [0.2, 0.25) is 0 Å². The fourth-order valence-electron chi connectivity index (χ4n) is 4.83. The van der Waals surface area contributed by atoms with E-state index in [4.69, 9.17) is 9.73 Å². The molecule has 1 aromatic carbocycles. The van der Waals surface area contributed by atoms with Gasteiger partial charge in [0.05, 0.1) is 24.1 Å². The van der Waals surface area contributed by atoms with Crippen molar-refractivity contribution in [2.24, 2.45) is 4.99 Å². The van der Waals surface area contributed by atoms with E-state index in [9.17, 15) is 8.42 Å². The van der Waals surface area contributed by atoms with Crippen molar-refractivity contribution in [3.63, 3.8) is 0 Å². The molecule has 8 heteroatoms. The highest BCUT2D eigenvalue weighted by Crippen LogP contribution is 2.46. The van der Waals surface area contributed by atoms with E-state index < -0.39 is 9.84 Å². The Hall–Kier alpha value is -1.80. The third-order valence-electron chi connectivity index (χ3n) is 6.49. The number of para-hydroxylation sites is 1. The highest BCUT2D eigenvalue weighted by molar-refractivity contribution is 7.91. The lowest BCUT2D eigenvalue weighted by Gasteiger charge is -2.40. The maximum Gasteiger partial charge on any atom is 0.191 e. The SMILES string of the molecule is CCNC(=NCCN1CCS(=O)(=O)CC1)NC1CC2(CCCC2)Oc2ccccc21. The summed E-state index contributed by atoms with van der Waals surface area (Å²) in [5.74, 6) is 2.33.